The number of rotatable bonds is 3. The number of halogens is 1. The lowest BCUT2D eigenvalue weighted by Crippen LogP contribution is -2.42. The van der Waals surface area contributed by atoms with Crippen LogP contribution in [0.2, 0.25) is 0 Å². The summed E-state index contributed by atoms with van der Waals surface area (Å²) in [6, 6.07) is 13.7. The molecule has 1 fully saturated rings. The molecule has 1 aliphatic rings. The zero-order valence-electron chi connectivity index (χ0n) is 14.7. The number of aromatic nitrogens is 1. The van der Waals surface area contributed by atoms with Crippen molar-refractivity contribution in [2.75, 3.05) is 0 Å². The van der Waals surface area contributed by atoms with Crippen LogP contribution in [0.4, 0.5) is 4.39 Å². The van der Waals surface area contributed by atoms with Crippen molar-refractivity contribution in [3.05, 3.63) is 53.8 Å². The molecule has 0 unspecified atom stereocenters. The number of piperidine rings is 1. The summed E-state index contributed by atoms with van der Waals surface area (Å²) in [5, 5.41) is 0. The molecule has 0 amide bonds. The van der Waals surface area contributed by atoms with E-state index in [2.05, 4.69) is 35.9 Å². The summed E-state index contributed by atoms with van der Waals surface area (Å²) in [7, 11) is 0. The van der Waals surface area contributed by atoms with Crippen LogP contribution in [0.1, 0.15) is 38.7 Å². The first-order chi connectivity index (χ1) is 12.1. The number of likely N-dealkylation sites (tertiary alicyclic amines) is 1. The van der Waals surface area contributed by atoms with Gasteiger partial charge in [-0.3, -0.25) is 4.90 Å². The molecule has 3 nitrogen and oxygen atoms in total. The third-order valence-corrected chi connectivity index (χ3v) is 5.26. The van der Waals surface area contributed by atoms with E-state index in [0.717, 1.165) is 17.6 Å². The molecule has 0 N–H and O–H groups in total. The van der Waals surface area contributed by atoms with Gasteiger partial charge < -0.3 is 4.42 Å². The average molecular weight is 338 g/mol. The lowest BCUT2D eigenvalue weighted by Gasteiger charge is -2.39. The standard InChI is InChI=1S/C21H23FN2O/c1-14-5-3-6-15(2)24(14)13-16-9-10-20-19(11-16)23-21(25-20)17-7-4-8-18(22)12-17/h4,7-12,14-15H,3,5-6,13H2,1-2H3/t14-,15+. The van der Waals surface area contributed by atoms with E-state index in [9.17, 15) is 4.39 Å². The van der Waals surface area contributed by atoms with Crippen LogP contribution in [0.5, 0.6) is 0 Å². The summed E-state index contributed by atoms with van der Waals surface area (Å²) in [6.07, 6.45) is 3.85. The van der Waals surface area contributed by atoms with Crippen molar-refractivity contribution in [3.8, 4) is 11.5 Å². The van der Waals surface area contributed by atoms with Gasteiger partial charge >= 0.3 is 0 Å². The van der Waals surface area contributed by atoms with Crippen molar-refractivity contribution in [1.82, 2.24) is 9.88 Å². The molecule has 2 heterocycles. The normalized spacial score (nSPS) is 21.7. The first-order valence-electron chi connectivity index (χ1n) is 9.01. The fourth-order valence-corrected chi connectivity index (χ4v) is 3.81. The largest absolute Gasteiger partial charge is 0.436 e. The van der Waals surface area contributed by atoms with Crippen molar-refractivity contribution in [2.24, 2.45) is 0 Å². The van der Waals surface area contributed by atoms with E-state index in [4.69, 9.17) is 4.42 Å². The number of oxazole rings is 1. The molecule has 4 heteroatoms. The van der Waals surface area contributed by atoms with Crippen LogP contribution in [0.3, 0.4) is 0 Å². The quantitative estimate of drug-likeness (QED) is 0.640. The van der Waals surface area contributed by atoms with Gasteiger partial charge in [-0.2, -0.15) is 0 Å². The maximum atomic E-state index is 13.4. The summed E-state index contributed by atoms with van der Waals surface area (Å²) in [5.41, 5.74) is 3.47. The van der Waals surface area contributed by atoms with Gasteiger partial charge in [-0.25, -0.2) is 9.37 Å². The maximum Gasteiger partial charge on any atom is 0.227 e. The number of fused-ring (bicyclic) bond motifs is 1. The first kappa shape index (κ1) is 16.3. The molecule has 1 saturated heterocycles. The monoisotopic (exact) mass is 338 g/mol. The second-order valence-electron chi connectivity index (χ2n) is 7.13. The predicted molar refractivity (Wildman–Crippen MR) is 97.7 cm³/mol. The Labute approximate surface area is 147 Å². The van der Waals surface area contributed by atoms with E-state index in [-0.39, 0.29) is 5.82 Å². The zero-order chi connectivity index (χ0) is 17.4. The maximum absolute atomic E-state index is 13.4. The Kier molecular flexibility index (Phi) is 4.30. The van der Waals surface area contributed by atoms with Gasteiger partial charge in [0.05, 0.1) is 0 Å². The van der Waals surface area contributed by atoms with Crippen LogP contribution in [-0.2, 0) is 6.54 Å². The van der Waals surface area contributed by atoms with Gasteiger partial charge in [0.2, 0.25) is 5.89 Å². The van der Waals surface area contributed by atoms with Crippen LogP contribution in [-0.4, -0.2) is 22.0 Å². The fraction of sp³-hybridized carbons (Fsp3) is 0.381. The Morgan fingerprint density at radius 1 is 1.12 bits per heavy atom. The minimum Gasteiger partial charge on any atom is -0.436 e. The second kappa shape index (κ2) is 6.60. The Bertz CT molecular complexity index is 878. The second-order valence-corrected chi connectivity index (χ2v) is 7.13. The Balaban J connectivity index is 1.62. The zero-order valence-corrected chi connectivity index (χ0v) is 14.7. The van der Waals surface area contributed by atoms with Crippen LogP contribution < -0.4 is 0 Å². The number of hydrogen-bond acceptors (Lipinski definition) is 3. The van der Waals surface area contributed by atoms with Gasteiger partial charge in [-0.1, -0.05) is 18.6 Å². The molecule has 130 valence electrons. The molecule has 0 spiro atoms. The van der Waals surface area contributed by atoms with E-state index in [1.54, 1.807) is 6.07 Å². The molecule has 0 saturated carbocycles. The van der Waals surface area contributed by atoms with Crippen molar-refractivity contribution >= 4 is 11.1 Å². The van der Waals surface area contributed by atoms with E-state index >= 15 is 0 Å². The molecule has 2 atom stereocenters. The van der Waals surface area contributed by atoms with Crippen molar-refractivity contribution < 1.29 is 8.81 Å². The SMILES string of the molecule is C[C@@H]1CCC[C@H](C)N1Cc1ccc2oc(-c3cccc(F)c3)nc2c1. The Morgan fingerprint density at radius 3 is 2.68 bits per heavy atom. The smallest absolute Gasteiger partial charge is 0.227 e. The number of hydrogen-bond donors (Lipinski definition) is 0. The first-order valence-corrected chi connectivity index (χ1v) is 9.01. The van der Waals surface area contributed by atoms with Gasteiger partial charge in [0.15, 0.2) is 5.58 Å². The van der Waals surface area contributed by atoms with Crippen LogP contribution in [0.25, 0.3) is 22.6 Å². The minimum absolute atomic E-state index is 0.284. The Morgan fingerprint density at radius 2 is 1.92 bits per heavy atom. The minimum atomic E-state index is -0.284. The van der Waals surface area contributed by atoms with Crippen LogP contribution in [0.15, 0.2) is 46.9 Å². The predicted octanol–water partition coefficient (Wildman–Crippen LogP) is 5.40. The molecule has 1 aliphatic heterocycles. The molecule has 4 rings (SSSR count). The van der Waals surface area contributed by atoms with E-state index < -0.39 is 0 Å². The van der Waals surface area contributed by atoms with Gasteiger partial charge in [0, 0.05) is 24.2 Å². The van der Waals surface area contributed by atoms with E-state index in [1.165, 1.54) is 37.0 Å². The van der Waals surface area contributed by atoms with Crippen molar-refractivity contribution in [3.63, 3.8) is 0 Å². The lowest BCUT2D eigenvalue weighted by molar-refractivity contribution is 0.0953. The van der Waals surface area contributed by atoms with Gasteiger partial charge in [-0.05, 0) is 62.6 Å². The van der Waals surface area contributed by atoms with Crippen molar-refractivity contribution in [1.29, 1.82) is 0 Å². The number of nitrogens with zero attached hydrogens (tertiary/aromatic N) is 2. The molecular formula is C21H23FN2O. The lowest BCUT2D eigenvalue weighted by atomic mass is 9.97. The van der Waals surface area contributed by atoms with E-state index in [1.807, 2.05) is 12.1 Å². The fourth-order valence-electron chi connectivity index (χ4n) is 3.81. The molecule has 25 heavy (non-hydrogen) atoms. The summed E-state index contributed by atoms with van der Waals surface area (Å²) < 4.78 is 19.2. The molecular weight excluding hydrogens is 315 g/mol. The summed E-state index contributed by atoms with van der Waals surface area (Å²) in [4.78, 5) is 7.13. The average Bonchev–Trinajstić information content (AvgIpc) is 3.02. The van der Waals surface area contributed by atoms with E-state index in [0.29, 0.717) is 23.5 Å². The van der Waals surface area contributed by atoms with Gasteiger partial charge in [0.1, 0.15) is 11.3 Å². The van der Waals surface area contributed by atoms with Crippen molar-refractivity contribution in [2.45, 2.75) is 51.7 Å². The molecule has 2 aromatic carbocycles. The third-order valence-electron chi connectivity index (χ3n) is 5.26. The third kappa shape index (κ3) is 3.31. The Hall–Kier alpha value is -2.20. The summed E-state index contributed by atoms with van der Waals surface area (Å²) >= 11 is 0. The van der Waals surface area contributed by atoms with Gasteiger partial charge in [0.25, 0.3) is 0 Å². The molecule has 0 radical (unpaired) electrons. The topological polar surface area (TPSA) is 29.3 Å². The van der Waals surface area contributed by atoms with Crippen LogP contribution >= 0.6 is 0 Å². The van der Waals surface area contributed by atoms with Gasteiger partial charge in [-0.15, -0.1) is 0 Å². The molecule has 0 bridgehead atoms. The molecule has 1 aromatic heterocycles. The molecule has 0 aliphatic carbocycles. The number of benzene rings is 2. The highest BCUT2D eigenvalue weighted by Crippen LogP contribution is 2.28. The van der Waals surface area contributed by atoms with Crippen LogP contribution in [0, 0.1) is 5.82 Å². The summed E-state index contributed by atoms with van der Waals surface area (Å²) in [5.74, 6) is 0.180. The highest BCUT2D eigenvalue weighted by atomic mass is 19.1. The molecule has 3 aromatic rings. The highest BCUT2D eigenvalue weighted by molar-refractivity contribution is 5.76. The summed E-state index contributed by atoms with van der Waals surface area (Å²) in [6.45, 7) is 5.55. The highest BCUT2D eigenvalue weighted by Gasteiger charge is 2.24.